The lowest BCUT2D eigenvalue weighted by molar-refractivity contribution is -0.117. The van der Waals surface area contributed by atoms with E-state index in [0.29, 0.717) is 13.0 Å². The minimum Gasteiger partial charge on any atom is -0.312 e. The lowest BCUT2D eigenvalue weighted by atomic mass is 10.1. The molecule has 1 saturated heterocycles. The van der Waals surface area contributed by atoms with Gasteiger partial charge in [-0.25, -0.2) is 8.42 Å². The van der Waals surface area contributed by atoms with Gasteiger partial charge in [-0.2, -0.15) is 4.31 Å². The van der Waals surface area contributed by atoms with Crippen molar-refractivity contribution in [1.82, 2.24) is 4.31 Å². The average molecular weight is 358 g/mol. The van der Waals surface area contributed by atoms with Crippen molar-refractivity contribution in [2.24, 2.45) is 0 Å². The van der Waals surface area contributed by atoms with Gasteiger partial charge in [0.1, 0.15) is 0 Å². The second kappa shape index (κ2) is 6.98. The van der Waals surface area contributed by atoms with Gasteiger partial charge in [0.2, 0.25) is 15.9 Å². The Balaban J connectivity index is 1.83. The summed E-state index contributed by atoms with van der Waals surface area (Å²) in [4.78, 5) is 13.7. The van der Waals surface area contributed by atoms with Crippen LogP contribution in [0.25, 0.3) is 0 Å². The highest BCUT2D eigenvalue weighted by Gasteiger charge is 2.27. The molecule has 1 atom stereocenters. The molecule has 1 aliphatic rings. The summed E-state index contributed by atoms with van der Waals surface area (Å²) >= 11 is 0. The Morgan fingerprint density at radius 1 is 1.04 bits per heavy atom. The normalized spacial score (nSPS) is 16.4. The van der Waals surface area contributed by atoms with Crippen molar-refractivity contribution in [3.05, 3.63) is 60.2 Å². The fourth-order valence-corrected chi connectivity index (χ4v) is 4.39. The van der Waals surface area contributed by atoms with Gasteiger partial charge in [0.05, 0.1) is 4.90 Å². The molecule has 25 heavy (non-hydrogen) atoms. The molecule has 2 aromatic rings. The van der Waals surface area contributed by atoms with Crippen molar-refractivity contribution in [1.29, 1.82) is 0 Å². The molecule has 0 radical (unpaired) electrons. The van der Waals surface area contributed by atoms with E-state index >= 15 is 0 Å². The molecule has 6 heteroatoms. The monoisotopic (exact) mass is 358 g/mol. The molecule has 1 amide bonds. The fraction of sp³-hybridized carbons (Fsp3) is 0.316. The molecular formula is C19H22N2O3S. The summed E-state index contributed by atoms with van der Waals surface area (Å²) in [5, 5.41) is 0. The smallest absolute Gasteiger partial charge is 0.243 e. The average Bonchev–Trinajstić information content (AvgIpc) is 3.07. The molecule has 0 aromatic heterocycles. The summed E-state index contributed by atoms with van der Waals surface area (Å²) < 4.78 is 27.2. The summed E-state index contributed by atoms with van der Waals surface area (Å²) in [5.74, 6) is 0.0884. The number of carbonyl (C=O) groups is 1. The Kier molecular flexibility index (Phi) is 4.92. The lowest BCUT2D eigenvalue weighted by Gasteiger charge is -2.25. The maximum atomic E-state index is 12.9. The fourth-order valence-electron chi connectivity index (χ4n) is 3.04. The van der Waals surface area contributed by atoms with E-state index in [-0.39, 0.29) is 16.8 Å². The zero-order chi connectivity index (χ0) is 18.0. The number of sulfonamides is 1. The van der Waals surface area contributed by atoms with Gasteiger partial charge in [-0.05, 0) is 43.2 Å². The zero-order valence-corrected chi connectivity index (χ0v) is 15.2. The second-order valence-electron chi connectivity index (χ2n) is 6.25. The first-order valence-corrected chi connectivity index (χ1v) is 9.78. The molecule has 0 unspecified atom stereocenters. The van der Waals surface area contributed by atoms with Gasteiger partial charge in [-0.3, -0.25) is 4.79 Å². The van der Waals surface area contributed by atoms with Gasteiger partial charge in [0, 0.05) is 31.7 Å². The van der Waals surface area contributed by atoms with Crippen LogP contribution in [0.3, 0.4) is 0 Å². The Morgan fingerprint density at radius 2 is 1.68 bits per heavy atom. The van der Waals surface area contributed by atoms with E-state index in [1.54, 1.807) is 36.2 Å². The van der Waals surface area contributed by atoms with Crippen molar-refractivity contribution in [3.63, 3.8) is 0 Å². The van der Waals surface area contributed by atoms with Gasteiger partial charge in [-0.15, -0.1) is 0 Å². The minimum absolute atomic E-state index is 0.0884. The summed E-state index contributed by atoms with van der Waals surface area (Å²) in [7, 11) is -2.02. The lowest BCUT2D eigenvalue weighted by Crippen LogP contribution is -2.30. The molecule has 2 aromatic carbocycles. The van der Waals surface area contributed by atoms with Crippen LogP contribution in [-0.2, 0) is 14.8 Å². The van der Waals surface area contributed by atoms with Crippen LogP contribution in [0.2, 0.25) is 0 Å². The number of carbonyl (C=O) groups excluding carboxylic acids is 1. The molecule has 1 heterocycles. The molecule has 0 N–H and O–H groups in total. The van der Waals surface area contributed by atoms with E-state index in [1.807, 2.05) is 37.3 Å². The van der Waals surface area contributed by atoms with E-state index in [1.165, 1.54) is 4.31 Å². The molecule has 5 nitrogen and oxygen atoms in total. The Hall–Kier alpha value is -2.18. The molecule has 3 rings (SSSR count). The highest BCUT2D eigenvalue weighted by molar-refractivity contribution is 7.89. The van der Waals surface area contributed by atoms with Crippen molar-refractivity contribution in [3.8, 4) is 0 Å². The number of hydrogen-bond acceptors (Lipinski definition) is 3. The SMILES string of the molecule is C[C@H](c1ccccc1)N(C)S(=O)(=O)c1ccc(N2CCCC2=O)cc1. The number of nitrogens with zero attached hydrogens (tertiary/aromatic N) is 2. The first kappa shape index (κ1) is 17.6. The van der Waals surface area contributed by atoms with Crippen molar-refractivity contribution < 1.29 is 13.2 Å². The van der Waals surface area contributed by atoms with Crippen LogP contribution in [0, 0.1) is 0 Å². The predicted octanol–water partition coefficient (Wildman–Crippen LogP) is 3.20. The second-order valence-corrected chi connectivity index (χ2v) is 8.25. The van der Waals surface area contributed by atoms with Crippen LogP contribution in [-0.4, -0.2) is 32.2 Å². The first-order valence-electron chi connectivity index (χ1n) is 8.34. The number of anilines is 1. The number of rotatable bonds is 5. The van der Waals surface area contributed by atoms with E-state index in [9.17, 15) is 13.2 Å². The molecule has 0 saturated carbocycles. The standard InChI is InChI=1S/C19H22N2O3S/c1-15(16-7-4-3-5-8-16)20(2)25(23,24)18-12-10-17(11-13-18)21-14-6-9-19(21)22/h3-5,7-8,10-13,15H,6,9,14H2,1-2H3/t15-/m1/s1. The third-order valence-corrected chi connectivity index (χ3v) is 6.67. The van der Waals surface area contributed by atoms with Crippen LogP contribution in [0.1, 0.15) is 31.4 Å². The highest BCUT2D eigenvalue weighted by atomic mass is 32.2. The van der Waals surface area contributed by atoms with Crippen LogP contribution >= 0.6 is 0 Å². The quantitative estimate of drug-likeness (QED) is 0.825. The zero-order valence-electron chi connectivity index (χ0n) is 14.4. The van der Waals surface area contributed by atoms with Crippen LogP contribution in [0.4, 0.5) is 5.69 Å². The van der Waals surface area contributed by atoms with Crippen LogP contribution < -0.4 is 4.90 Å². The van der Waals surface area contributed by atoms with Gasteiger partial charge in [0.25, 0.3) is 0 Å². The largest absolute Gasteiger partial charge is 0.312 e. The Labute approximate surface area is 148 Å². The summed E-state index contributed by atoms with van der Waals surface area (Å²) in [5.41, 5.74) is 1.69. The van der Waals surface area contributed by atoms with E-state index in [2.05, 4.69) is 0 Å². The van der Waals surface area contributed by atoms with Crippen LogP contribution in [0.5, 0.6) is 0 Å². The van der Waals surface area contributed by atoms with Gasteiger partial charge in [-0.1, -0.05) is 30.3 Å². The number of benzene rings is 2. The number of amides is 1. The molecule has 0 aliphatic carbocycles. The van der Waals surface area contributed by atoms with Gasteiger partial charge < -0.3 is 4.90 Å². The number of hydrogen-bond donors (Lipinski definition) is 0. The third-order valence-electron chi connectivity index (χ3n) is 4.73. The summed E-state index contributed by atoms with van der Waals surface area (Å²) in [6, 6.07) is 15.8. The van der Waals surface area contributed by atoms with Crippen LogP contribution in [0.15, 0.2) is 59.5 Å². The molecule has 0 bridgehead atoms. The van der Waals surface area contributed by atoms with Gasteiger partial charge >= 0.3 is 0 Å². The predicted molar refractivity (Wildman–Crippen MR) is 97.8 cm³/mol. The maximum absolute atomic E-state index is 12.9. The van der Waals surface area contributed by atoms with Crippen molar-refractivity contribution in [2.75, 3.05) is 18.5 Å². The highest BCUT2D eigenvalue weighted by Crippen LogP contribution is 2.28. The van der Waals surface area contributed by atoms with Crippen molar-refractivity contribution >= 4 is 21.6 Å². The summed E-state index contributed by atoms with van der Waals surface area (Å²) in [6.45, 7) is 2.56. The molecule has 1 fully saturated rings. The van der Waals surface area contributed by atoms with E-state index < -0.39 is 10.0 Å². The maximum Gasteiger partial charge on any atom is 0.243 e. The molecule has 132 valence electrons. The Morgan fingerprint density at radius 3 is 2.24 bits per heavy atom. The van der Waals surface area contributed by atoms with Crippen molar-refractivity contribution in [2.45, 2.75) is 30.7 Å². The van der Waals surface area contributed by atoms with E-state index in [0.717, 1.165) is 17.7 Å². The first-order chi connectivity index (χ1) is 11.9. The minimum atomic E-state index is -3.61. The topological polar surface area (TPSA) is 57.7 Å². The molecule has 1 aliphatic heterocycles. The van der Waals surface area contributed by atoms with Gasteiger partial charge in [0.15, 0.2) is 0 Å². The van der Waals surface area contributed by atoms with E-state index in [4.69, 9.17) is 0 Å². The molecular weight excluding hydrogens is 336 g/mol. The molecule has 0 spiro atoms. The Bertz CT molecular complexity index is 848. The third kappa shape index (κ3) is 3.45. The summed E-state index contributed by atoms with van der Waals surface area (Å²) in [6.07, 6.45) is 1.40.